The molecule has 0 heterocycles. The quantitative estimate of drug-likeness (QED) is 0.565. The van der Waals surface area contributed by atoms with Crippen molar-refractivity contribution in [3.05, 3.63) is 0 Å². The maximum absolute atomic E-state index is 11.7. The average Bonchev–Trinajstić information content (AvgIpc) is 2.34. The summed E-state index contributed by atoms with van der Waals surface area (Å²) >= 11 is 0. The fraction of sp³-hybridized carbons (Fsp3) is 0.929. The van der Waals surface area contributed by atoms with Gasteiger partial charge in [-0.05, 0) is 13.5 Å². The summed E-state index contributed by atoms with van der Waals surface area (Å²) in [5, 5.41) is 3.06. The SMILES string of the molecule is CCCCCCCCCC(=O)N(C)CCNC. The van der Waals surface area contributed by atoms with Crippen LogP contribution in [0.25, 0.3) is 0 Å². The van der Waals surface area contributed by atoms with Crippen LogP contribution in [0.2, 0.25) is 0 Å². The van der Waals surface area contributed by atoms with Gasteiger partial charge in [0.05, 0.1) is 0 Å². The highest BCUT2D eigenvalue weighted by molar-refractivity contribution is 5.75. The Morgan fingerprint density at radius 3 is 2.24 bits per heavy atom. The van der Waals surface area contributed by atoms with E-state index in [0.29, 0.717) is 6.42 Å². The zero-order valence-corrected chi connectivity index (χ0v) is 11.9. The fourth-order valence-corrected chi connectivity index (χ4v) is 1.83. The van der Waals surface area contributed by atoms with Gasteiger partial charge < -0.3 is 10.2 Å². The van der Waals surface area contributed by atoms with E-state index in [-0.39, 0.29) is 5.91 Å². The van der Waals surface area contributed by atoms with E-state index in [1.54, 1.807) is 0 Å². The molecule has 0 radical (unpaired) electrons. The molecule has 0 aliphatic rings. The van der Waals surface area contributed by atoms with Crippen LogP contribution in [-0.2, 0) is 4.79 Å². The van der Waals surface area contributed by atoms with Crippen molar-refractivity contribution in [1.82, 2.24) is 10.2 Å². The van der Waals surface area contributed by atoms with Crippen molar-refractivity contribution in [2.24, 2.45) is 0 Å². The molecule has 0 aliphatic heterocycles. The van der Waals surface area contributed by atoms with E-state index in [9.17, 15) is 4.79 Å². The lowest BCUT2D eigenvalue weighted by atomic mass is 10.1. The first-order valence-electron chi connectivity index (χ1n) is 7.11. The number of nitrogens with zero attached hydrogens (tertiary/aromatic N) is 1. The van der Waals surface area contributed by atoms with Gasteiger partial charge in [-0.1, -0.05) is 45.4 Å². The third-order valence-corrected chi connectivity index (χ3v) is 3.12. The molecule has 3 heteroatoms. The smallest absolute Gasteiger partial charge is 0.222 e. The second-order valence-corrected chi connectivity index (χ2v) is 4.79. The molecule has 0 spiro atoms. The van der Waals surface area contributed by atoms with Crippen molar-refractivity contribution in [2.75, 3.05) is 27.2 Å². The Kier molecular flexibility index (Phi) is 11.5. The van der Waals surface area contributed by atoms with E-state index in [4.69, 9.17) is 0 Å². The summed E-state index contributed by atoms with van der Waals surface area (Å²) in [7, 11) is 3.80. The minimum Gasteiger partial charge on any atom is -0.344 e. The number of carbonyl (C=O) groups is 1. The van der Waals surface area contributed by atoms with Crippen LogP contribution in [0.3, 0.4) is 0 Å². The second kappa shape index (κ2) is 11.9. The number of amides is 1. The number of hydrogen-bond acceptors (Lipinski definition) is 2. The van der Waals surface area contributed by atoms with Gasteiger partial charge in [0, 0.05) is 26.6 Å². The minimum absolute atomic E-state index is 0.286. The summed E-state index contributed by atoms with van der Waals surface area (Å²) in [5.41, 5.74) is 0. The third kappa shape index (κ3) is 10.3. The number of hydrogen-bond donors (Lipinski definition) is 1. The van der Waals surface area contributed by atoms with Crippen LogP contribution in [0, 0.1) is 0 Å². The number of unbranched alkanes of at least 4 members (excludes halogenated alkanes) is 6. The molecule has 3 nitrogen and oxygen atoms in total. The van der Waals surface area contributed by atoms with Gasteiger partial charge in [-0.15, -0.1) is 0 Å². The largest absolute Gasteiger partial charge is 0.344 e. The summed E-state index contributed by atoms with van der Waals surface area (Å²) in [5.74, 6) is 0.286. The highest BCUT2D eigenvalue weighted by Crippen LogP contribution is 2.08. The van der Waals surface area contributed by atoms with Gasteiger partial charge in [0.2, 0.25) is 5.91 Å². The number of likely N-dealkylation sites (N-methyl/N-ethyl adjacent to an activating group) is 2. The van der Waals surface area contributed by atoms with Crippen molar-refractivity contribution < 1.29 is 4.79 Å². The van der Waals surface area contributed by atoms with Gasteiger partial charge in [0.25, 0.3) is 0 Å². The summed E-state index contributed by atoms with van der Waals surface area (Å²) in [6.45, 7) is 3.92. The van der Waals surface area contributed by atoms with E-state index < -0.39 is 0 Å². The molecule has 0 saturated carbocycles. The number of rotatable bonds is 11. The Labute approximate surface area is 107 Å². The molecule has 1 N–H and O–H groups in total. The zero-order valence-electron chi connectivity index (χ0n) is 11.9. The Morgan fingerprint density at radius 1 is 1.06 bits per heavy atom. The standard InChI is InChI=1S/C14H30N2O/c1-4-5-6-7-8-9-10-11-14(17)16(3)13-12-15-2/h15H,4-13H2,1-3H3. The van der Waals surface area contributed by atoms with Crippen molar-refractivity contribution in [2.45, 2.75) is 58.3 Å². The third-order valence-electron chi connectivity index (χ3n) is 3.12. The summed E-state index contributed by atoms with van der Waals surface area (Å²) in [6, 6.07) is 0. The Bertz CT molecular complexity index is 183. The van der Waals surface area contributed by atoms with Crippen LogP contribution in [0.15, 0.2) is 0 Å². The van der Waals surface area contributed by atoms with E-state index in [2.05, 4.69) is 12.2 Å². The molecular formula is C14H30N2O. The van der Waals surface area contributed by atoms with Gasteiger partial charge >= 0.3 is 0 Å². The Morgan fingerprint density at radius 2 is 1.65 bits per heavy atom. The van der Waals surface area contributed by atoms with Gasteiger partial charge in [0.15, 0.2) is 0 Å². The van der Waals surface area contributed by atoms with Crippen LogP contribution < -0.4 is 5.32 Å². The first kappa shape index (κ1) is 16.4. The van der Waals surface area contributed by atoms with Crippen molar-refractivity contribution in [1.29, 1.82) is 0 Å². The average molecular weight is 242 g/mol. The number of carbonyl (C=O) groups excluding carboxylic acids is 1. The molecule has 0 saturated heterocycles. The van der Waals surface area contributed by atoms with Crippen LogP contribution in [0.4, 0.5) is 0 Å². The molecular weight excluding hydrogens is 212 g/mol. The molecule has 1 amide bonds. The highest BCUT2D eigenvalue weighted by atomic mass is 16.2. The lowest BCUT2D eigenvalue weighted by Gasteiger charge is -2.16. The molecule has 0 atom stereocenters. The molecule has 0 bridgehead atoms. The van der Waals surface area contributed by atoms with E-state index >= 15 is 0 Å². The predicted octanol–water partition coefficient (Wildman–Crippen LogP) is 2.80. The molecule has 0 aromatic carbocycles. The van der Waals surface area contributed by atoms with Gasteiger partial charge in [0.1, 0.15) is 0 Å². The van der Waals surface area contributed by atoms with Crippen LogP contribution >= 0.6 is 0 Å². The van der Waals surface area contributed by atoms with Gasteiger partial charge in [-0.3, -0.25) is 4.79 Å². The van der Waals surface area contributed by atoms with Crippen molar-refractivity contribution in [3.63, 3.8) is 0 Å². The van der Waals surface area contributed by atoms with Gasteiger partial charge in [-0.25, -0.2) is 0 Å². The summed E-state index contributed by atoms with van der Waals surface area (Å²) in [4.78, 5) is 13.5. The molecule has 102 valence electrons. The van der Waals surface area contributed by atoms with E-state index in [1.165, 1.54) is 38.5 Å². The Hall–Kier alpha value is -0.570. The molecule has 0 fully saturated rings. The number of nitrogens with one attached hydrogen (secondary N) is 1. The zero-order chi connectivity index (χ0) is 12.9. The molecule has 0 unspecified atom stereocenters. The molecule has 0 aliphatic carbocycles. The van der Waals surface area contributed by atoms with E-state index in [1.807, 2.05) is 19.0 Å². The van der Waals surface area contributed by atoms with Crippen LogP contribution in [0.5, 0.6) is 0 Å². The molecule has 0 rings (SSSR count). The summed E-state index contributed by atoms with van der Waals surface area (Å²) < 4.78 is 0. The minimum atomic E-state index is 0.286. The molecule has 0 aromatic heterocycles. The first-order valence-corrected chi connectivity index (χ1v) is 7.11. The fourth-order valence-electron chi connectivity index (χ4n) is 1.83. The lowest BCUT2D eigenvalue weighted by molar-refractivity contribution is -0.129. The maximum Gasteiger partial charge on any atom is 0.222 e. The lowest BCUT2D eigenvalue weighted by Crippen LogP contribution is -2.32. The molecule has 0 aromatic rings. The van der Waals surface area contributed by atoms with Crippen LogP contribution in [0.1, 0.15) is 58.3 Å². The second-order valence-electron chi connectivity index (χ2n) is 4.79. The topological polar surface area (TPSA) is 32.3 Å². The molecule has 17 heavy (non-hydrogen) atoms. The highest BCUT2D eigenvalue weighted by Gasteiger charge is 2.06. The van der Waals surface area contributed by atoms with Crippen LogP contribution in [-0.4, -0.2) is 38.0 Å². The van der Waals surface area contributed by atoms with Crippen molar-refractivity contribution in [3.8, 4) is 0 Å². The predicted molar refractivity (Wildman–Crippen MR) is 74.2 cm³/mol. The van der Waals surface area contributed by atoms with Gasteiger partial charge in [-0.2, -0.15) is 0 Å². The van der Waals surface area contributed by atoms with E-state index in [0.717, 1.165) is 19.5 Å². The monoisotopic (exact) mass is 242 g/mol. The summed E-state index contributed by atoms with van der Waals surface area (Å²) in [6.07, 6.45) is 9.59. The normalized spacial score (nSPS) is 10.5. The Balaban J connectivity index is 3.32. The first-order chi connectivity index (χ1) is 8.22. The maximum atomic E-state index is 11.7. The van der Waals surface area contributed by atoms with Crippen molar-refractivity contribution >= 4 is 5.91 Å².